The first-order valence-corrected chi connectivity index (χ1v) is 9.99. The van der Waals surface area contributed by atoms with E-state index in [9.17, 15) is 0 Å². The fraction of sp³-hybridized carbons (Fsp3) is 0.273. The number of hydrogen-bond donors (Lipinski definition) is 2. The van der Waals surface area contributed by atoms with Crippen molar-refractivity contribution in [2.75, 3.05) is 48.6 Å². The zero-order chi connectivity index (χ0) is 20.2. The molecule has 0 saturated carbocycles. The minimum absolute atomic E-state index is 0.274. The van der Waals surface area contributed by atoms with Crippen molar-refractivity contribution in [3.8, 4) is 11.5 Å². The lowest BCUT2D eigenvalue weighted by Gasteiger charge is -2.28. The summed E-state index contributed by atoms with van der Waals surface area (Å²) in [7, 11) is 0. The predicted octanol–water partition coefficient (Wildman–Crippen LogP) is 3.40. The van der Waals surface area contributed by atoms with Gasteiger partial charge < -0.3 is 29.7 Å². The van der Waals surface area contributed by atoms with E-state index in [2.05, 4.69) is 49.8 Å². The molecule has 3 heterocycles. The van der Waals surface area contributed by atoms with E-state index in [0.717, 1.165) is 54.9 Å². The van der Waals surface area contributed by atoms with Gasteiger partial charge in [0.05, 0.1) is 13.2 Å². The molecular formula is C22H23N5O3. The standard InChI is InChI=1S/C22H23N5O3/c1-6-19-20(30-15-29-19)13-16(1)14-24-22-23-8-7-21(26-22)25-17-2-4-18(5-3-17)27-9-11-28-12-10-27/h1-8,13H,9-12,14-15H2,(H2,23,24,25,26). The lowest BCUT2D eigenvalue weighted by molar-refractivity contribution is 0.122. The number of aromatic nitrogens is 2. The highest BCUT2D eigenvalue weighted by Crippen LogP contribution is 2.32. The van der Waals surface area contributed by atoms with E-state index in [1.54, 1.807) is 6.20 Å². The van der Waals surface area contributed by atoms with Crippen LogP contribution in [0.3, 0.4) is 0 Å². The summed E-state index contributed by atoms with van der Waals surface area (Å²) in [6.07, 6.45) is 1.74. The van der Waals surface area contributed by atoms with Gasteiger partial charge in [-0.2, -0.15) is 4.98 Å². The monoisotopic (exact) mass is 405 g/mol. The number of ether oxygens (including phenoxy) is 3. The number of rotatable bonds is 6. The Kier molecular flexibility index (Phi) is 5.22. The van der Waals surface area contributed by atoms with Gasteiger partial charge in [0, 0.05) is 37.2 Å². The van der Waals surface area contributed by atoms with Crippen LogP contribution in [-0.4, -0.2) is 43.1 Å². The van der Waals surface area contributed by atoms with Gasteiger partial charge in [-0.05, 0) is 48.0 Å². The second-order valence-electron chi connectivity index (χ2n) is 7.08. The van der Waals surface area contributed by atoms with Crippen LogP contribution in [0.2, 0.25) is 0 Å². The number of hydrogen-bond acceptors (Lipinski definition) is 8. The van der Waals surface area contributed by atoms with Crippen molar-refractivity contribution >= 4 is 23.1 Å². The zero-order valence-corrected chi connectivity index (χ0v) is 16.5. The second-order valence-corrected chi connectivity index (χ2v) is 7.08. The lowest BCUT2D eigenvalue weighted by atomic mass is 10.2. The Hall–Kier alpha value is -3.52. The third-order valence-corrected chi connectivity index (χ3v) is 5.06. The summed E-state index contributed by atoms with van der Waals surface area (Å²) in [5.41, 5.74) is 3.25. The van der Waals surface area contributed by atoms with E-state index in [4.69, 9.17) is 14.2 Å². The molecule has 154 valence electrons. The number of morpholine rings is 1. The Labute approximate surface area is 174 Å². The van der Waals surface area contributed by atoms with Crippen LogP contribution in [-0.2, 0) is 11.3 Å². The summed E-state index contributed by atoms with van der Waals surface area (Å²) < 4.78 is 16.2. The molecule has 8 nitrogen and oxygen atoms in total. The summed E-state index contributed by atoms with van der Waals surface area (Å²) in [6, 6.07) is 16.1. The van der Waals surface area contributed by atoms with E-state index >= 15 is 0 Å². The average Bonchev–Trinajstić information content (AvgIpc) is 3.27. The minimum Gasteiger partial charge on any atom is -0.454 e. The summed E-state index contributed by atoms with van der Waals surface area (Å²) in [5, 5.41) is 6.59. The van der Waals surface area contributed by atoms with Gasteiger partial charge >= 0.3 is 0 Å². The smallest absolute Gasteiger partial charge is 0.231 e. The maximum Gasteiger partial charge on any atom is 0.231 e. The van der Waals surface area contributed by atoms with Gasteiger partial charge in [0.1, 0.15) is 5.82 Å². The molecule has 2 aromatic carbocycles. The van der Waals surface area contributed by atoms with Crippen molar-refractivity contribution in [1.82, 2.24) is 9.97 Å². The van der Waals surface area contributed by atoms with Gasteiger partial charge in [-0.15, -0.1) is 0 Å². The van der Waals surface area contributed by atoms with E-state index in [0.29, 0.717) is 12.5 Å². The molecule has 0 spiro atoms. The molecule has 0 unspecified atom stereocenters. The van der Waals surface area contributed by atoms with E-state index in [1.807, 2.05) is 24.3 Å². The number of fused-ring (bicyclic) bond motifs is 1. The molecular weight excluding hydrogens is 382 g/mol. The first-order chi connectivity index (χ1) is 14.8. The molecule has 30 heavy (non-hydrogen) atoms. The molecule has 8 heteroatoms. The van der Waals surface area contributed by atoms with Gasteiger partial charge in [0.25, 0.3) is 0 Å². The lowest BCUT2D eigenvalue weighted by Crippen LogP contribution is -2.36. The van der Waals surface area contributed by atoms with Crippen molar-refractivity contribution in [2.45, 2.75) is 6.54 Å². The van der Waals surface area contributed by atoms with Crippen molar-refractivity contribution in [1.29, 1.82) is 0 Å². The molecule has 0 aliphatic carbocycles. The first kappa shape index (κ1) is 18.5. The highest BCUT2D eigenvalue weighted by atomic mass is 16.7. The minimum atomic E-state index is 0.274. The third kappa shape index (κ3) is 4.23. The Morgan fingerprint density at radius 2 is 1.77 bits per heavy atom. The number of nitrogens with zero attached hydrogens (tertiary/aromatic N) is 3. The predicted molar refractivity (Wildman–Crippen MR) is 115 cm³/mol. The Morgan fingerprint density at radius 3 is 2.63 bits per heavy atom. The first-order valence-electron chi connectivity index (χ1n) is 9.99. The Bertz CT molecular complexity index is 1010. The van der Waals surface area contributed by atoms with E-state index < -0.39 is 0 Å². The maximum atomic E-state index is 5.42. The third-order valence-electron chi connectivity index (χ3n) is 5.06. The molecule has 5 rings (SSSR count). The summed E-state index contributed by atoms with van der Waals surface area (Å²) >= 11 is 0. The maximum absolute atomic E-state index is 5.42. The van der Waals surface area contributed by atoms with Crippen LogP contribution in [0.1, 0.15) is 5.56 Å². The topological polar surface area (TPSA) is 80.8 Å². The summed E-state index contributed by atoms with van der Waals surface area (Å²) in [6.45, 7) is 4.28. The number of nitrogens with one attached hydrogen (secondary N) is 2. The van der Waals surface area contributed by atoms with Crippen LogP contribution in [0, 0.1) is 0 Å². The molecule has 2 N–H and O–H groups in total. The van der Waals surface area contributed by atoms with Gasteiger partial charge in [-0.1, -0.05) is 6.07 Å². The van der Waals surface area contributed by atoms with Crippen molar-refractivity contribution < 1.29 is 14.2 Å². The van der Waals surface area contributed by atoms with Crippen molar-refractivity contribution in [3.05, 3.63) is 60.3 Å². The van der Waals surface area contributed by atoms with Gasteiger partial charge in [-0.3, -0.25) is 0 Å². The second kappa shape index (κ2) is 8.46. The van der Waals surface area contributed by atoms with Crippen molar-refractivity contribution in [2.24, 2.45) is 0 Å². The molecule has 3 aromatic rings. The molecule has 2 aliphatic rings. The van der Waals surface area contributed by atoms with E-state index in [-0.39, 0.29) is 6.79 Å². The highest BCUT2D eigenvalue weighted by Gasteiger charge is 2.13. The van der Waals surface area contributed by atoms with Crippen LogP contribution in [0.15, 0.2) is 54.7 Å². The Morgan fingerprint density at radius 1 is 0.933 bits per heavy atom. The van der Waals surface area contributed by atoms with Crippen LogP contribution in [0.5, 0.6) is 11.5 Å². The largest absolute Gasteiger partial charge is 0.454 e. The number of benzene rings is 2. The van der Waals surface area contributed by atoms with Crippen LogP contribution >= 0.6 is 0 Å². The molecule has 2 aliphatic heterocycles. The number of anilines is 4. The molecule has 0 bridgehead atoms. The van der Waals surface area contributed by atoms with Crippen LogP contribution in [0.25, 0.3) is 0 Å². The molecule has 1 aromatic heterocycles. The molecule has 1 saturated heterocycles. The Balaban J connectivity index is 1.20. The SMILES string of the molecule is c1cc(Nc2ccc(N3CCOCC3)cc2)nc(NCc2ccc3c(c2)OCO3)n1. The molecule has 0 atom stereocenters. The summed E-state index contributed by atoms with van der Waals surface area (Å²) in [5.74, 6) is 2.84. The van der Waals surface area contributed by atoms with Crippen LogP contribution in [0.4, 0.5) is 23.1 Å². The molecule has 1 fully saturated rings. The average molecular weight is 405 g/mol. The fourth-order valence-corrected chi connectivity index (χ4v) is 3.47. The van der Waals surface area contributed by atoms with Crippen LogP contribution < -0.4 is 25.0 Å². The quantitative estimate of drug-likeness (QED) is 0.646. The van der Waals surface area contributed by atoms with Gasteiger partial charge in [-0.25, -0.2) is 4.98 Å². The fourth-order valence-electron chi connectivity index (χ4n) is 3.47. The van der Waals surface area contributed by atoms with Gasteiger partial charge in [0.2, 0.25) is 12.7 Å². The van der Waals surface area contributed by atoms with Gasteiger partial charge in [0.15, 0.2) is 11.5 Å². The molecule has 0 radical (unpaired) electrons. The van der Waals surface area contributed by atoms with Crippen molar-refractivity contribution in [3.63, 3.8) is 0 Å². The van der Waals surface area contributed by atoms with E-state index in [1.165, 1.54) is 5.69 Å². The molecule has 0 amide bonds. The normalized spacial score (nSPS) is 15.1. The zero-order valence-electron chi connectivity index (χ0n) is 16.5. The highest BCUT2D eigenvalue weighted by molar-refractivity contribution is 5.61. The summed E-state index contributed by atoms with van der Waals surface area (Å²) in [4.78, 5) is 11.2.